The first kappa shape index (κ1) is 22.5. The molecule has 6 nitrogen and oxygen atoms in total. The number of ether oxygens (including phenoxy) is 1. The zero-order valence-corrected chi connectivity index (χ0v) is 19.1. The predicted octanol–water partition coefficient (Wildman–Crippen LogP) is 4.55. The van der Waals surface area contributed by atoms with Crippen LogP contribution in [0.5, 0.6) is 0 Å². The maximum absolute atomic E-state index is 13.2. The van der Waals surface area contributed by atoms with E-state index in [0.29, 0.717) is 48.3 Å². The summed E-state index contributed by atoms with van der Waals surface area (Å²) in [5.41, 5.74) is 3.54. The number of esters is 1. The second-order valence-corrected chi connectivity index (χ2v) is 8.36. The molecule has 1 aromatic heterocycles. The zero-order valence-electron chi connectivity index (χ0n) is 19.1. The Kier molecular flexibility index (Phi) is 6.39. The molecule has 7 heteroatoms. The highest BCUT2D eigenvalue weighted by Crippen LogP contribution is 2.25. The minimum Gasteiger partial charge on any atom is -0.452 e. The summed E-state index contributed by atoms with van der Waals surface area (Å²) in [7, 11) is 0. The van der Waals surface area contributed by atoms with Crippen LogP contribution in [-0.2, 0) is 9.53 Å². The van der Waals surface area contributed by atoms with E-state index in [0.717, 1.165) is 11.3 Å². The highest BCUT2D eigenvalue weighted by atomic mass is 19.1. The fourth-order valence-electron chi connectivity index (χ4n) is 4.26. The topological polar surface area (TPSA) is 62.7 Å². The van der Waals surface area contributed by atoms with Crippen LogP contribution in [-0.4, -0.2) is 54.5 Å². The summed E-state index contributed by atoms with van der Waals surface area (Å²) in [5, 5.41) is 0.678. The molecule has 0 bridgehead atoms. The molecule has 0 aliphatic carbocycles. The van der Waals surface area contributed by atoms with Gasteiger partial charge in [-0.1, -0.05) is 48.5 Å². The van der Waals surface area contributed by atoms with Crippen molar-refractivity contribution in [2.75, 3.05) is 37.7 Å². The van der Waals surface area contributed by atoms with Gasteiger partial charge in [0.25, 0.3) is 5.91 Å². The summed E-state index contributed by atoms with van der Waals surface area (Å²) in [6, 6.07) is 25.0. The van der Waals surface area contributed by atoms with Gasteiger partial charge in [0.05, 0.1) is 16.8 Å². The number of anilines is 1. The Morgan fingerprint density at radius 3 is 2.29 bits per heavy atom. The molecule has 1 saturated heterocycles. The fraction of sp³-hybridized carbons (Fsp3) is 0.179. The second-order valence-electron chi connectivity index (χ2n) is 8.36. The van der Waals surface area contributed by atoms with Gasteiger partial charge >= 0.3 is 5.97 Å². The van der Waals surface area contributed by atoms with Crippen LogP contribution in [0.15, 0.2) is 84.9 Å². The maximum atomic E-state index is 13.2. The number of hydrogen-bond acceptors (Lipinski definition) is 5. The number of amides is 1. The van der Waals surface area contributed by atoms with Crippen LogP contribution < -0.4 is 4.90 Å². The molecule has 1 aliphatic heterocycles. The lowest BCUT2D eigenvalue weighted by atomic mass is 10.0. The molecule has 176 valence electrons. The molecular weight excluding hydrogens is 445 g/mol. The monoisotopic (exact) mass is 469 g/mol. The minimum atomic E-state index is -0.556. The summed E-state index contributed by atoms with van der Waals surface area (Å²) in [4.78, 5) is 34.3. The third-order valence-electron chi connectivity index (χ3n) is 6.16. The predicted molar refractivity (Wildman–Crippen MR) is 133 cm³/mol. The number of carbonyl (C=O) groups excluding carboxylic acids is 2. The van der Waals surface area contributed by atoms with E-state index in [-0.39, 0.29) is 18.3 Å². The molecule has 1 amide bonds. The molecule has 0 spiro atoms. The Hall–Kier alpha value is -4.26. The lowest BCUT2D eigenvalue weighted by molar-refractivity contribution is -0.134. The van der Waals surface area contributed by atoms with Gasteiger partial charge in [-0.05, 0) is 36.4 Å². The number of nitrogens with zero attached hydrogens (tertiary/aromatic N) is 3. The quantitative estimate of drug-likeness (QED) is 0.402. The van der Waals surface area contributed by atoms with E-state index in [1.807, 2.05) is 54.6 Å². The molecule has 0 saturated carbocycles. The van der Waals surface area contributed by atoms with Crippen LogP contribution in [0, 0.1) is 5.82 Å². The van der Waals surface area contributed by atoms with E-state index in [2.05, 4.69) is 9.88 Å². The molecular formula is C28H24FN3O3. The largest absolute Gasteiger partial charge is 0.452 e. The standard InChI is InChI=1S/C28H24FN3O3/c29-21-10-12-22(13-11-21)31-14-16-32(17-15-31)27(33)19-35-28(34)24-18-26(20-6-2-1-3-7-20)30-25-9-5-4-8-23(24)25/h1-13,18H,14-17,19H2. The van der Waals surface area contributed by atoms with Crippen LogP contribution in [0.25, 0.3) is 22.2 Å². The molecule has 0 N–H and O–H groups in total. The SMILES string of the molecule is O=C(OCC(=O)N1CCN(c2ccc(F)cc2)CC1)c1cc(-c2ccccc2)nc2ccccc12. The van der Waals surface area contributed by atoms with Gasteiger partial charge in [0.2, 0.25) is 0 Å². The van der Waals surface area contributed by atoms with Crippen molar-refractivity contribution in [3.05, 3.63) is 96.3 Å². The average Bonchev–Trinajstić information content (AvgIpc) is 2.92. The van der Waals surface area contributed by atoms with Crippen molar-refractivity contribution in [3.63, 3.8) is 0 Å². The number of hydrogen-bond donors (Lipinski definition) is 0. The van der Waals surface area contributed by atoms with Crippen molar-refractivity contribution in [3.8, 4) is 11.3 Å². The van der Waals surface area contributed by atoms with Crippen molar-refractivity contribution in [2.24, 2.45) is 0 Å². The molecule has 2 heterocycles. The number of carbonyl (C=O) groups is 2. The maximum Gasteiger partial charge on any atom is 0.339 e. The molecule has 0 unspecified atom stereocenters. The minimum absolute atomic E-state index is 0.237. The van der Waals surface area contributed by atoms with E-state index < -0.39 is 5.97 Å². The number of pyridine rings is 1. The van der Waals surface area contributed by atoms with Crippen LogP contribution in [0.3, 0.4) is 0 Å². The van der Waals surface area contributed by atoms with Crippen molar-refractivity contribution in [1.82, 2.24) is 9.88 Å². The Morgan fingerprint density at radius 2 is 1.54 bits per heavy atom. The van der Waals surface area contributed by atoms with Gasteiger partial charge < -0.3 is 14.5 Å². The molecule has 4 aromatic rings. The Balaban J connectivity index is 1.25. The summed E-state index contributed by atoms with van der Waals surface area (Å²) < 4.78 is 18.6. The lowest BCUT2D eigenvalue weighted by Crippen LogP contribution is -2.49. The molecule has 0 radical (unpaired) electrons. The highest BCUT2D eigenvalue weighted by molar-refractivity contribution is 6.05. The van der Waals surface area contributed by atoms with Crippen molar-refractivity contribution in [1.29, 1.82) is 0 Å². The van der Waals surface area contributed by atoms with Crippen molar-refractivity contribution in [2.45, 2.75) is 0 Å². The molecule has 0 atom stereocenters. The van der Waals surface area contributed by atoms with Gasteiger partial charge in [-0.15, -0.1) is 0 Å². The van der Waals surface area contributed by atoms with Gasteiger partial charge in [-0.25, -0.2) is 14.2 Å². The Morgan fingerprint density at radius 1 is 0.857 bits per heavy atom. The average molecular weight is 470 g/mol. The molecule has 1 fully saturated rings. The highest BCUT2D eigenvalue weighted by Gasteiger charge is 2.23. The van der Waals surface area contributed by atoms with Gasteiger partial charge in [0, 0.05) is 42.8 Å². The number of piperazine rings is 1. The van der Waals surface area contributed by atoms with E-state index in [1.54, 1.807) is 23.1 Å². The first-order valence-electron chi connectivity index (χ1n) is 11.5. The van der Waals surface area contributed by atoms with E-state index in [1.165, 1.54) is 12.1 Å². The summed E-state index contributed by atoms with van der Waals surface area (Å²) >= 11 is 0. The number of benzene rings is 3. The van der Waals surface area contributed by atoms with E-state index in [9.17, 15) is 14.0 Å². The normalized spacial score (nSPS) is 13.6. The van der Waals surface area contributed by atoms with Crippen LogP contribution in [0.4, 0.5) is 10.1 Å². The fourth-order valence-corrected chi connectivity index (χ4v) is 4.26. The van der Waals surface area contributed by atoms with Crippen LogP contribution in [0.2, 0.25) is 0 Å². The second kappa shape index (κ2) is 9.93. The number of rotatable bonds is 5. The Bertz CT molecular complexity index is 1350. The van der Waals surface area contributed by atoms with Gasteiger partial charge in [0.1, 0.15) is 5.82 Å². The van der Waals surface area contributed by atoms with Crippen LogP contribution in [0.1, 0.15) is 10.4 Å². The number of aromatic nitrogens is 1. The van der Waals surface area contributed by atoms with Crippen LogP contribution >= 0.6 is 0 Å². The lowest BCUT2D eigenvalue weighted by Gasteiger charge is -2.36. The van der Waals surface area contributed by atoms with E-state index >= 15 is 0 Å². The van der Waals surface area contributed by atoms with Crippen molar-refractivity contribution < 1.29 is 18.7 Å². The first-order chi connectivity index (χ1) is 17.1. The number of fused-ring (bicyclic) bond motifs is 1. The molecule has 3 aromatic carbocycles. The summed E-state index contributed by atoms with van der Waals surface area (Å²) in [5.74, 6) is -1.07. The van der Waals surface area contributed by atoms with Gasteiger partial charge in [-0.3, -0.25) is 4.79 Å². The third-order valence-corrected chi connectivity index (χ3v) is 6.16. The zero-order chi connectivity index (χ0) is 24.2. The van der Waals surface area contributed by atoms with Gasteiger partial charge in [0.15, 0.2) is 6.61 Å². The molecule has 5 rings (SSSR count). The first-order valence-corrected chi connectivity index (χ1v) is 11.5. The van der Waals surface area contributed by atoms with Crippen molar-refractivity contribution >= 4 is 28.5 Å². The third kappa shape index (κ3) is 4.99. The summed E-state index contributed by atoms with van der Waals surface area (Å²) in [6.07, 6.45) is 0. The van der Waals surface area contributed by atoms with Gasteiger partial charge in [-0.2, -0.15) is 0 Å². The number of halogens is 1. The molecule has 1 aliphatic rings. The van der Waals surface area contributed by atoms with E-state index in [4.69, 9.17) is 4.74 Å². The summed E-state index contributed by atoms with van der Waals surface area (Å²) in [6.45, 7) is 1.93. The Labute approximate surface area is 202 Å². The smallest absolute Gasteiger partial charge is 0.339 e. The molecule has 35 heavy (non-hydrogen) atoms. The number of para-hydroxylation sites is 1.